The molecular formula is C28H24F3N3O6S. The van der Waals surface area contributed by atoms with Gasteiger partial charge in [-0.25, -0.2) is 18.9 Å². The standard InChI is InChI=1S/C28H24F3N3O6S/c1-17-14-20(18-5-7-22(8-6-18)40-28(29,30)31)15-24(26(35)34-36)25(17)33-16-19-4-3-13-32-27(19)41(37,38)23-11-9-21(39-2)10-12-23/h3-15,33,36H,16H2,1-2H3,(H,34,35). The molecule has 0 saturated carbocycles. The molecule has 1 heterocycles. The van der Waals surface area contributed by atoms with E-state index in [2.05, 4.69) is 15.0 Å². The molecule has 13 heteroatoms. The zero-order valence-electron chi connectivity index (χ0n) is 21.7. The number of benzene rings is 3. The lowest BCUT2D eigenvalue weighted by Crippen LogP contribution is -2.21. The van der Waals surface area contributed by atoms with Crippen LogP contribution in [0.25, 0.3) is 11.1 Å². The average Bonchev–Trinajstić information content (AvgIpc) is 2.95. The Morgan fingerprint density at radius 1 is 0.976 bits per heavy atom. The molecule has 0 spiro atoms. The summed E-state index contributed by atoms with van der Waals surface area (Å²) < 4.78 is 73.2. The third kappa shape index (κ3) is 6.76. The van der Waals surface area contributed by atoms with E-state index < -0.39 is 27.9 Å². The van der Waals surface area contributed by atoms with E-state index in [-0.39, 0.29) is 22.0 Å². The molecule has 1 amide bonds. The maximum atomic E-state index is 13.4. The van der Waals surface area contributed by atoms with Crippen molar-refractivity contribution in [1.29, 1.82) is 0 Å². The van der Waals surface area contributed by atoms with Gasteiger partial charge in [0.05, 0.1) is 23.3 Å². The molecule has 0 bridgehead atoms. The van der Waals surface area contributed by atoms with Crippen molar-refractivity contribution in [2.75, 3.05) is 12.4 Å². The van der Waals surface area contributed by atoms with Crippen molar-refractivity contribution < 1.29 is 41.1 Å². The van der Waals surface area contributed by atoms with Crippen molar-refractivity contribution in [3.05, 3.63) is 95.7 Å². The minimum Gasteiger partial charge on any atom is -0.497 e. The lowest BCUT2D eigenvalue weighted by molar-refractivity contribution is -0.274. The van der Waals surface area contributed by atoms with E-state index in [1.807, 2.05) is 0 Å². The van der Waals surface area contributed by atoms with Crippen LogP contribution < -0.4 is 20.3 Å². The summed E-state index contributed by atoms with van der Waals surface area (Å²) in [5.41, 5.74) is 3.73. The Morgan fingerprint density at radius 2 is 1.63 bits per heavy atom. The summed E-state index contributed by atoms with van der Waals surface area (Å²) in [7, 11) is -2.54. The molecule has 4 rings (SSSR count). The van der Waals surface area contributed by atoms with E-state index in [1.54, 1.807) is 30.6 Å². The predicted octanol–water partition coefficient (Wildman–Crippen LogP) is 5.53. The molecule has 214 valence electrons. The van der Waals surface area contributed by atoms with Crippen LogP contribution in [0.2, 0.25) is 0 Å². The highest BCUT2D eigenvalue weighted by Gasteiger charge is 2.31. The van der Waals surface area contributed by atoms with Gasteiger partial charge in [0.15, 0.2) is 5.03 Å². The maximum Gasteiger partial charge on any atom is 0.573 e. The lowest BCUT2D eigenvalue weighted by atomic mass is 9.97. The molecule has 0 aliphatic carbocycles. The molecule has 0 atom stereocenters. The van der Waals surface area contributed by atoms with Gasteiger partial charge in [0.2, 0.25) is 9.84 Å². The number of halogens is 3. The number of nitrogens with zero attached hydrogens (tertiary/aromatic N) is 1. The third-order valence-corrected chi connectivity index (χ3v) is 7.80. The van der Waals surface area contributed by atoms with Gasteiger partial charge >= 0.3 is 6.36 Å². The number of pyridine rings is 1. The van der Waals surface area contributed by atoms with Gasteiger partial charge in [0, 0.05) is 18.3 Å². The van der Waals surface area contributed by atoms with Crippen LogP contribution in [0, 0.1) is 6.92 Å². The second-order valence-electron chi connectivity index (χ2n) is 8.73. The third-order valence-electron chi connectivity index (χ3n) is 6.03. The number of anilines is 1. The van der Waals surface area contributed by atoms with Crippen LogP contribution in [-0.2, 0) is 16.4 Å². The van der Waals surface area contributed by atoms with Crippen LogP contribution in [0.1, 0.15) is 21.5 Å². The Hall–Kier alpha value is -4.62. The van der Waals surface area contributed by atoms with Crippen LogP contribution in [0.15, 0.2) is 88.9 Å². The van der Waals surface area contributed by atoms with Crippen LogP contribution in [0.3, 0.4) is 0 Å². The molecule has 4 aromatic rings. The molecule has 1 aromatic heterocycles. The molecule has 0 aliphatic heterocycles. The quantitative estimate of drug-likeness (QED) is 0.172. The van der Waals surface area contributed by atoms with Gasteiger partial charge in [0.25, 0.3) is 5.91 Å². The molecule has 0 aliphatic rings. The van der Waals surface area contributed by atoms with Gasteiger partial charge in [-0.15, -0.1) is 13.2 Å². The number of methoxy groups -OCH3 is 1. The van der Waals surface area contributed by atoms with Crippen molar-refractivity contribution in [2.45, 2.75) is 29.8 Å². The number of hydroxylamine groups is 1. The fourth-order valence-corrected chi connectivity index (χ4v) is 5.53. The summed E-state index contributed by atoms with van der Waals surface area (Å²) >= 11 is 0. The SMILES string of the molecule is COc1ccc(S(=O)(=O)c2ncccc2CNc2c(C)cc(-c3ccc(OC(F)(F)F)cc3)cc2C(=O)NO)cc1. The Kier molecular flexibility index (Phi) is 8.49. The van der Waals surface area contributed by atoms with Crippen LogP contribution in [0.4, 0.5) is 18.9 Å². The zero-order chi connectivity index (χ0) is 29.8. The van der Waals surface area contributed by atoms with E-state index >= 15 is 0 Å². The number of amides is 1. The number of ether oxygens (including phenoxy) is 2. The van der Waals surface area contributed by atoms with Gasteiger partial charge in [-0.3, -0.25) is 10.0 Å². The fourth-order valence-electron chi connectivity index (χ4n) is 4.13. The Labute approximate surface area is 233 Å². The number of alkyl halides is 3. The van der Waals surface area contributed by atoms with Crippen LogP contribution in [0.5, 0.6) is 11.5 Å². The van der Waals surface area contributed by atoms with Gasteiger partial charge < -0.3 is 14.8 Å². The maximum absolute atomic E-state index is 13.4. The molecule has 3 aromatic carbocycles. The van der Waals surface area contributed by atoms with Crippen LogP contribution in [-0.4, -0.2) is 38.0 Å². The summed E-state index contributed by atoms with van der Waals surface area (Å²) in [6.07, 6.45) is -3.48. The smallest absolute Gasteiger partial charge is 0.497 e. The first-order valence-corrected chi connectivity index (χ1v) is 13.4. The first-order valence-electron chi connectivity index (χ1n) is 11.9. The first kappa shape index (κ1) is 29.4. The van der Waals surface area contributed by atoms with Crippen LogP contribution >= 0.6 is 0 Å². The monoisotopic (exact) mass is 587 g/mol. The van der Waals surface area contributed by atoms with Crippen molar-refractivity contribution in [3.8, 4) is 22.6 Å². The molecule has 9 nitrogen and oxygen atoms in total. The summed E-state index contributed by atoms with van der Waals surface area (Å²) in [5.74, 6) is -0.765. The molecule has 3 N–H and O–H groups in total. The van der Waals surface area contributed by atoms with Crippen molar-refractivity contribution in [3.63, 3.8) is 0 Å². The van der Waals surface area contributed by atoms with E-state index in [9.17, 15) is 31.6 Å². The summed E-state index contributed by atoms with van der Waals surface area (Å²) in [4.78, 5) is 16.7. The van der Waals surface area contributed by atoms with E-state index in [0.717, 1.165) is 12.1 Å². The summed E-state index contributed by atoms with van der Waals surface area (Å²) in [6, 6.07) is 17.2. The number of sulfone groups is 1. The fraction of sp³-hybridized carbons (Fsp3) is 0.143. The average molecular weight is 588 g/mol. The molecule has 0 fully saturated rings. The summed E-state index contributed by atoms with van der Waals surface area (Å²) in [5, 5.41) is 12.2. The van der Waals surface area contributed by atoms with E-state index in [0.29, 0.717) is 33.7 Å². The minimum atomic E-state index is -4.83. The lowest BCUT2D eigenvalue weighted by Gasteiger charge is -2.17. The summed E-state index contributed by atoms with van der Waals surface area (Å²) in [6.45, 7) is 1.63. The number of nitrogens with one attached hydrogen (secondary N) is 2. The number of rotatable bonds is 9. The number of hydrogen-bond acceptors (Lipinski definition) is 8. The van der Waals surface area contributed by atoms with Gasteiger partial charge in [-0.05, 0) is 78.2 Å². The number of carbonyl (C=O) groups excluding carboxylic acids is 1. The van der Waals surface area contributed by atoms with E-state index in [4.69, 9.17) is 4.74 Å². The van der Waals surface area contributed by atoms with Crippen molar-refractivity contribution >= 4 is 21.4 Å². The Morgan fingerprint density at radius 3 is 2.24 bits per heavy atom. The Bertz CT molecular complexity index is 1660. The highest BCUT2D eigenvalue weighted by Crippen LogP contribution is 2.32. The van der Waals surface area contributed by atoms with Gasteiger partial charge in [-0.2, -0.15) is 0 Å². The minimum absolute atomic E-state index is 0.0153. The van der Waals surface area contributed by atoms with E-state index in [1.165, 1.54) is 55.8 Å². The molecule has 0 saturated heterocycles. The highest BCUT2D eigenvalue weighted by atomic mass is 32.2. The molecule has 0 radical (unpaired) electrons. The first-order chi connectivity index (χ1) is 19.4. The Balaban J connectivity index is 1.65. The topological polar surface area (TPSA) is 127 Å². The zero-order valence-corrected chi connectivity index (χ0v) is 22.5. The molecule has 41 heavy (non-hydrogen) atoms. The normalized spacial score (nSPS) is 11.6. The predicted molar refractivity (Wildman–Crippen MR) is 143 cm³/mol. The number of hydrogen-bond donors (Lipinski definition) is 3. The number of carbonyl (C=O) groups is 1. The molecule has 0 unspecified atom stereocenters. The van der Waals surface area contributed by atoms with Gasteiger partial charge in [0.1, 0.15) is 11.5 Å². The molecular weight excluding hydrogens is 563 g/mol. The highest BCUT2D eigenvalue weighted by molar-refractivity contribution is 7.91. The van der Waals surface area contributed by atoms with Crippen molar-refractivity contribution in [1.82, 2.24) is 10.5 Å². The number of aromatic nitrogens is 1. The second kappa shape index (κ2) is 11.9. The van der Waals surface area contributed by atoms with Gasteiger partial charge in [-0.1, -0.05) is 18.2 Å². The number of aryl methyl sites for hydroxylation is 1. The van der Waals surface area contributed by atoms with Crippen molar-refractivity contribution in [2.24, 2.45) is 0 Å². The second-order valence-corrected chi connectivity index (χ2v) is 10.6. The largest absolute Gasteiger partial charge is 0.573 e.